The summed E-state index contributed by atoms with van der Waals surface area (Å²) in [5.41, 5.74) is 3.00. The number of ether oxygens (including phenoxy) is 2. The summed E-state index contributed by atoms with van der Waals surface area (Å²) in [5, 5.41) is 0. The average molecular weight is 579 g/mol. The minimum Gasteiger partial charge on any atom is -0.423 e. The quantitative estimate of drug-likeness (QED) is 0.0632. The molecule has 0 aliphatic rings. The Morgan fingerprint density at radius 1 is 0.571 bits per heavy atom. The predicted octanol–water partition coefficient (Wildman–Crippen LogP) is 12.4. The van der Waals surface area contributed by atoms with E-state index in [1.54, 1.807) is 0 Å². The third-order valence-electron chi connectivity index (χ3n) is 8.43. The van der Waals surface area contributed by atoms with E-state index in [9.17, 15) is 4.79 Å². The zero-order chi connectivity index (χ0) is 30.1. The molecule has 1 unspecified atom stereocenters. The van der Waals surface area contributed by atoms with Crippen LogP contribution in [-0.2, 0) is 11.2 Å². The van der Waals surface area contributed by atoms with E-state index < -0.39 is 0 Å². The van der Waals surface area contributed by atoms with Gasteiger partial charge in [-0.1, -0.05) is 154 Å². The number of aryl methyl sites for hydroxylation is 1. The maximum absolute atomic E-state index is 12.7. The van der Waals surface area contributed by atoms with Gasteiger partial charge in [0, 0.05) is 6.61 Å². The van der Waals surface area contributed by atoms with Gasteiger partial charge in [0.05, 0.1) is 11.7 Å². The van der Waals surface area contributed by atoms with Crippen LogP contribution in [0.4, 0.5) is 0 Å². The van der Waals surface area contributed by atoms with Crippen molar-refractivity contribution in [2.24, 2.45) is 0 Å². The van der Waals surface area contributed by atoms with Gasteiger partial charge in [-0.25, -0.2) is 4.79 Å². The number of hydrogen-bond acceptors (Lipinski definition) is 3. The lowest BCUT2D eigenvalue weighted by molar-refractivity contribution is 0.0627. The first-order valence-electron chi connectivity index (χ1n) is 17.7. The lowest BCUT2D eigenvalue weighted by Crippen LogP contribution is -2.08. The number of unbranched alkanes of at least 4 members (excludes halogenated alkanes) is 18. The molecule has 0 aliphatic carbocycles. The fourth-order valence-electron chi connectivity index (χ4n) is 5.54. The van der Waals surface area contributed by atoms with Gasteiger partial charge in [-0.3, -0.25) is 0 Å². The number of esters is 1. The Bertz CT molecular complexity index is 902. The summed E-state index contributed by atoms with van der Waals surface area (Å²) in [5.74, 6) is 0.262. The second-order valence-electron chi connectivity index (χ2n) is 12.3. The number of rotatable bonds is 26. The summed E-state index contributed by atoms with van der Waals surface area (Å²) in [6, 6.07) is 15.7. The summed E-state index contributed by atoms with van der Waals surface area (Å²) < 4.78 is 11.7. The van der Waals surface area contributed by atoms with Crippen LogP contribution in [0, 0.1) is 0 Å². The van der Waals surface area contributed by atoms with Crippen molar-refractivity contribution >= 4 is 5.97 Å². The molecule has 0 heterocycles. The van der Waals surface area contributed by atoms with Gasteiger partial charge in [-0.15, -0.1) is 0 Å². The van der Waals surface area contributed by atoms with E-state index in [1.807, 2.05) is 36.4 Å². The number of carbonyl (C=O) groups is 1. The summed E-state index contributed by atoms with van der Waals surface area (Å²) >= 11 is 0. The van der Waals surface area contributed by atoms with E-state index in [0.29, 0.717) is 11.3 Å². The molecule has 2 aromatic carbocycles. The van der Waals surface area contributed by atoms with Crippen LogP contribution in [0.5, 0.6) is 5.75 Å². The zero-order valence-corrected chi connectivity index (χ0v) is 27.5. The molecule has 0 aromatic heterocycles. The summed E-state index contributed by atoms with van der Waals surface area (Å²) in [4.78, 5) is 12.7. The molecule has 2 aromatic rings. The average Bonchev–Trinajstić information content (AvgIpc) is 3.01. The van der Waals surface area contributed by atoms with Crippen LogP contribution in [0.15, 0.2) is 48.5 Å². The van der Waals surface area contributed by atoms with Crippen molar-refractivity contribution in [1.82, 2.24) is 0 Å². The van der Waals surface area contributed by atoms with Crippen LogP contribution in [0.3, 0.4) is 0 Å². The van der Waals surface area contributed by atoms with Crippen LogP contribution in [0.25, 0.3) is 0 Å². The largest absolute Gasteiger partial charge is 0.423 e. The summed E-state index contributed by atoms with van der Waals surface area (Å²) in [7, 11) is 0. The summed E-state index contributed by atoms with van der Waals surface area (Å²) in [6.07, 6.45) is 28.0. The topological polar surface area (TPSA) is 35.5 Å². The first kappa shape index (κ1) is 36.1. The fraction of sp³-hybridized carbons (Fsp3) is 0.667. The SMILES string of the molecule is CCCCCCCCCCCCCCCc1ccc(C(=O)Oc2ccc(C(C)OCCCCCCCCC)cc2)cc1. The zero-order valence-electron chi connectivity index (χ0n) is 27.5. The van der Waals surface area contributed by atoms with Gasteiger partial charge in [0.15, 0.2) is 0 Å². The van der Waals surface area contributed by atoms with E-state index >= 15 is 0 Å². The van der Waals surface area contributed by atoms with Gasteiger partial charge in [-0.05, 0) is 61.6 Å². The molecule has 236 valence electrons. The van der Waals surface area contributed by atoms with Crippen LogP contribution in [0.1, 0.15) is 177 Å². The number of carbonyl (C=O) groups excluding carboxylic acids is 1. The molecule has 0 bridgehead atoms. The Morgan fingerprint density at radius 3 is 1.52 bits per heavy atom. The molecule has 0 fully saturated rings. The second-order valence-corrected chi connectivity index (χ2v) is 12.3. The molecule has 0 aliphatic heterocycles. The molecule has 0 N–H and O–H groups in total. The molecule has 0 saturated carbocycles. The lowest BCUT2D eigenvalue weighted by atomic mass is 10.0. The number of benzene rings is 2. The predicted molar refractivity (Wildman–Crippen MR) is 180 cm³/mol. The molecule has 0 radical (unpaired) electrons. The third kappa shape index (κ3) is 17.1. The minimum atomic E-state index is -0.307. The molecule has 42 heavy (non-hydrogen) atoms. The maximum Gasteiger partial charge on any atom is 0.343 e. The number of hydrogen-bond donors (Lipinski definition) is 0. The highest BCUT2D eigenvalue weighted by atomic mass is 16.5. The van der Waals surface area contributed by atoms with Crippen molar-refractivity contribution in [2.45, 2.75) is 162 Å². The molecule has 3 nitrogen and oxygen atoms in total. The van der Waals surface area contributed by atoms with Crippen molar-refractivity contribution in [3.63, 3.8) is 0 Å². The van der Waals surface area contributed by atoms with Gasteiger partial charge < -0.3 is 9.47 Å². The van der Waals surface area contributed by atoms with E-state index in [-0.39, 0.29) is 12.1 Å². The van der Waals surface area contributed by atoms with Crippen molar-refractivity contribution in [3.05, 3.63) is 65.2 Å². The van der Waals surface area contributed by atoms with Crippen molar-refractivity contribution in [3.8, 4) is 5.75 Å². The molecule has 1 atom stereocenters. The molecule has 2 rings (SSSR count). The fourth-order valence-corrected chi connectivity index (χ4v) is 5.54. The molecule has 3 heteroatoms. The van der Waals surface area contributed by atoms with Gasteiger partial charge in [0.2, 0.25) is 0 Å². The van der Waals surface area contributed by atoms with Crippen LogP contribution < -0.4 is 4.74 Å². The van der Waals surface area contributed by atoms with E-state index in [2.05, 4.69) is 32.9 Å². The highest BCUT2D eigenvalue weighted by Gasteiger charge is 2.10. The molecular formula is C39H62O3. The monoisotopic (exact) mass is 578 g/mol. The maximum atomic E-state index is 12.7. The van der Waals surface area contributed by atoms with E-state index in [0.717, 1.165) is 25.0 Å². The molecular weight excluding hydrogens is 516 g/mol. The second kappa shape index (κ2) is 24.3. The normalized spacial score (nSPS) is 12.0. The Kier molecular flexibility index (Phi) is 20.9. The molecule has 0 spiro atoms. The molecule has 0 amide bonds. The van der Waals surface area contributed by atoms with Crippen molar-refractivity contribution in [2.75, 3.05) is 6.61 Å². The highest BCUT2D eigenvalue weighted by Crippen LogP contribution is 2.22. The Labute approximate surface area is 259 Å². The first-order chi connectivity index (χ1) is 20.6. The van der Waals surface area contributed by atoms with Crippen molar-refractivity contribution < 1.29 is 14.3 Å². The standard InChI is InChI=1S/C39H62O3/c1-4-6-8-10-12-13-14-15-16-17-18-20-22-24-35-25-27-37(28-26-35)39(40)42-38-31-29-36(30-32-38)34(3)41-33-23-21-19-11-9-7-5-2/h25-32,34H,4-24,33H2,1-3H3. The van der Waals surface area contributed by atoms with Crippen molar-refractivity contribution in [1.29, 1.82) is 0 Å². The minimum absolute atomic E-state index is 0.0392. The van der Waals surface area contributed by atoms with Gasteiger partial charge in [-0.2, -0.15) is 0 Å². The van der Waals surface area contributed by atoms with Crippen LogP contribution >= 0.6 is 0 Å². The summed E-state index contributed by atoms with van der Waals surface area (Å²) in [6.45, 7) is 7.42. The van der Waals surface area contributed by atoms with Crippen LogP contribution in [-0.4, -0.2) is 12.6 Å². The van der Waals surface area contributed by atoms with E-state index in [4.69, 9.17) is 9.47 Å². The Balaban J connectivity index is 1.55. The Morgan fingerprint density at radius 2 is 1.02 bits per heavy atom. The van der Waals surface area contributed by atoms with Gasteiger partial charge in [0.25, 0.3) is 0 Å². The molecule has 0 saturated heterocycles. The Hall–Kier alpha value is -2.13. The highest BCUT2D eigenvalue weighted by molar-refractivity contribution is 5.91. The third-order valence-corrected chi connectivity index (χ3v) is 8.43. The first-order valence-corrected chi connectivity index (χ1v) is 17.7. The van der Waals surface area contributed by atoms with Gasteiger partial charge in [0.1, 0.15) is 5.75 Å². The smallest absolute Gasteiger partial charge is 0.343 e. The van der Waals surface area contributed by atoms with Crippen LogP contribution in [0.2, 0.25) is 0 Å². The lowest BCUT2D eigenvalue weighted by Gasteiger charge is -2.14. The van der Waals surface area contributed by atoms with Gasteiger partial charge >= 0.3 is 5.97 Å². The van der Waals surface area contributed by atoms with E-state index in [1.165, 1.54) is 128 Å².